The molecule has 8 rings (SSSR count). The predicted molar refractivity (Wildman–Crippen MR) is 158 cm³/mol. The Balaban J connectivity index is 1.51. The molecule has 180 valence electrons. The van der Waals surface area contributed by atoms with E-state index in [0.717, 1.165) is 11.3 Å². The van der Waals surface area contributed by atoms with Crippen LogP contribution in [-0.4, -0.2) is 9.61 Å². The molecule has 2 heteroatoms. The molecule has 1 saturated carbocycles. The van der Waals surface area contributed by atoms with Crippen LogP contribution < -0.4 is 0 Å². The van der Waals surface area contributed by atoms with Crippen LogP contribution in [0.3, 0.4) is 0 Å². The Kier molecular flexibility index (Phi) is 4.75. The van der Waals surface area contributed by atoms with Crippen molar-refractivity contribution < 1.29 is 0 Å². The molecule has 2 aromatic heterocycles. The zero-order valence-corrected chi connectivity index (χ0v) is 21.0. The summed E-state index contributed by atoms with van der Waals surface area (Å²) in [5.41, 5.74) is 9.59. The average molecular weight is 487 g/mol. The molecule has 7 aromatic rings. The largest absolute Gasteiger partial charge is 0.236 e. The van der Waals surface area contributed by atoms with Crippen LogP contribution in [0.25, 0.3) is 60.6 Å². The van der Waals surface area contributed by atoms with Crippen LogP contribution in [0.4, 0.5) is 0 Å². The lowest BCUT2D eigenvalue weighted by molar-refractivity contribution is 0.866. The molecule has 2 heterocycles. The highest BCUT2D eigenvalue weighted by Gasteiger charge is 2.30. The highest BCUT2D eigenvalue weighted by atomic mass is 15.2. The first-order valence-electron chi connectivity index (χ1n) is 13.4. The predicted octanol–water partition coefficient (Wildman–Crippen LogP) is 9.52. The number of fused-ring (bicyclic) bond motifs is 4. The van der Waals surface area contributed by atoms with Gasteiger partial charge in [0.2, 0.25) is 0 Å². The van der Waals surface area contributed by atoms with E-state index in [1.165, 1.54) is 67.9 Å². The molecule has 0 aliphatic heterocycles. The number of benzene rings is 5. The highest BCUT2D eigenvalue weighted by Crippen LogP contribution is 2.46. The summed E-state index contributed by atoms with van der Waals surface area (Å²) in [6, 6.07) is 45.9. The Morgan fingerprint density at radius 3 is 2.00 bits per heavy atom. The molecule has 5 aromatic carbocycles. The van der Waals surface area contributed by atoms with Crippen molar-refractivity contribution in [3.05, 3.63) is 133 Å². The van der Waals surface area contributed by atoms with E-state index in [0.29, 0.717) is 5.92 Å². The standard InChI is InChI=1S/C36H26N2/c1-2-12-26(13-3-1)34-35(37-38-33(25-21-22-25)23-27-14-5-7-17-29(27)36(34)38)32-19-9-8-18-31(32)30-20-10-15-24-11-4-6-16-28(24)30/h1-20,23,25H,21-22H2. The van der Waals surface area contributed by atoms with Crippen molar-refractivity contribution in [2.45, 2.75) is 18.8 Å². The van der Waals surface area contributed by atoms with Crippen molar-refractivity contribution in [1.82, 2.24) is 9.61 Å². The second-order valence-corrected chi connectivity index (χ2v) is 10.4. The van der Waals surface area contributed by atoms with Gasteiger partial charge in [0, 0.05) is 28.1 Å². The van der Waals surface area contributed by atoms with Gasteiger partial charge in [0.05, 0.1) is 5.52 Å². The van der Waals surface area contributed by atoms with E-state index in [1.807, 2.05) is 0 Å². The first-order valence-corrected chi connectivity index (χ1v) is 13.4. The summed E-state index contributed by atoms with van der Waals surface area (Å²) in [5.74, 6) is 0.576. The van der Waals surface area contributed by atoms with Crippen molar-refractivity contribution in [1.29, 1.82) is 0 Å². The van der Waals surface area contributed by atoms with E-state index in [-0.39, 0.29) is 0 Å². The summed E-state index contributed by atoms with van der Waals surface area (Å²) in [6.07, 6.45) is 2.46. The summed E-state index contributed by atoms with van der Waals surface area (Å²) in [6.45, 7) is 0. The van der Waals surface area contributed by atoms with Crippen molar-refractivity contribution in [3.8, 4) is 33.5 Å². The van der Waals surface area contributed by atoms with E-state index in [1.54, 1.807) is 0 Å². The SMILES string of the molecule is c1ccc(-c2c(-c3ccccc3-c3cccc4ccccc34)nn3c(C4CC4)cc4ccccc4c23)cc1. The topological polar surface area (TPSA) is 17.3 Å². The van der Waals surface area contributed by atoms with E-state index in [2.05, 4.69) is 132 Å². The second kappa shape index (κ2) is 8.43. The van der Waals surface area contributed by atoms with Gasteiger partial charge >= 0.3 is 0 Å². The van der Waals surface area contributed by atoms with Gasteiger partial charge in [-0.15, -0.1) is 0 Å². The molecule has 0 bridgehead atoms. The maximum Gasteiger partial charge on any atom is 0.102 e. The zero-order valence-electron chi connectivity index (χ0n) is 21.0. The number of aromatic nitrogens is 2. The van der Waals surface area contributed by atoms with E-state index >= 15 is 0 Å². The molecule has 0 saturated heterocycles. The minimum absolute atomic E-state index is 0.576. The Bertz CT molecular complexity index is 1970. The van der Waals surface area contributed by atoms with Crippen LogP contribution in [0, 0.1) is 0 Å². The van der Waals surface area contributed by atoms with Gasteiger partial charge in [-0.05, 0) is 51.8 Å². The van der Waals surface area contributed by atoms with Crippen LogP contribution in [0.5, 0.6) is 0 Å². The maximum absolute atomic E-state index is 5.45. The summed E-state index contributed by atoms with van der Waals surface area (Å²) in [4.78, 5) is 0. The van der Waals surface area contributed by atoms with Gasteiger partial charge in [0.1, 0.15) is 5.69 Å². The van der Waals surface area contributed by atoms with Gasteiger partial charge < -0.3 is 0 Å². The molecular weight excluding hydrogens is 460 g/mol. The molecule has 0 amide bonds. The van der Waals surface area contributed by atoms with Crippen molar-refractivity contribution in [2.24, 2.45) is 0 Å². The number of rotatable bonds is 4. The van der Waals surface area contributed by atoms with Crippen LogP contribution in [0.1, 0.15) is 24.5 Å². The van der Waals surface area contributed by atoms with Gasteiger partial charge in [-0.25, -0.2) is 4.52 Å². The summed E-state index contributed by atoms with van der Waals surface area (Å²) < 4.78 is 2.26. The quantitative estimate of drug-likeness (QED) is 0.242. The van der Waals surface area contributed by atoms with Crippen LogP contribution in [-0.2, 0) is 0 Å². The minimum atomic E-state index is 0.576. The van der Waals surface area contributed by atoms with Gasteiger partial charge in [0.15, 0.2) is 0 Å². The number of hydrogen-bond acceptors (Lipinski definition) is 1. The van der Waals surface area contributed by atoms with E-state index in [4.69, 9.17) is 5.10 Å². The summed E-state index contributed by atoms with van der Waals surface area (Å²) in [7, 11) is 0. The molecule has 0 unspecified atom stereocenters. The highest BCUT2D eigenvalue weighted by molar-refractivity contribution is 6.09. The Hall–Kier alpha value is -4.69. The first kappa shape index (κ1) is 21.4. The van der Waals surface area contributed by atoms with Crippen molar-refractivity contribution in [3.63, 3.8) is 0 Å². The van der Waals surface area contributed by atoms with Crippen LogP contribution >= 0.6 is 0 Å². The average Bonchev–Trinajstić information content (AvgIpc) is 3.76. The Morgan fingerprint density at radius 2 is 1.18 bits per heavy atom. The fourth-order valence-corrected chi connectivity index (χ4v) is 6.03. The lowest BCUT2D eigenvalue weighted by Gasteiger charge is -2.13. The molecule has 0 N–H and O–H groups in total. The number of hydrogen-bond donors (Lipinski definition) is 0. The van der Waals surface area contributed by atoms with Crippen LogP contribution in [0.2, 0.25) is 0 Å². The summed E-state index contributed by atoms with van der Waals surface area (Å²) in [5, 5.41) is 10.5. The minimum Gasteiger partial charge on any atom is -0.236 e. The molecule has 1 aliphatic rings. The van der Waals surface area contributed by atoms with Gasteiger partial charge in [-0.2, -0.15) is 5.10 Å². The van der Waals surface area contributed by atoms with Gasteiger partial charge in [-0.3, -0.25) is 0 Å². The third kappa shape index (κ3) is 3.30. The lowest BCUT2D eigenvalue weighted by atomic mass is 9.90. The number of nitrogens with zero attached hydrogens (tertiary/aromatic N) is 2. The zero-order chi connectivity index (χ0) is 25.1. The van der Waals surface area contributed by atoms with Crippen molar-refractivity contribution >= 4 is 27.1 Å². The van der Waals surface area contributed by atoms with Gasteiger partial charge in [0.25, 0.3) is 0 Å². The molecular formula is C36H26N2. The van der Waals surface area contributed by atoms with E-state index in [9.17, 15) is 0 Å². The molecule has 1 aliphatic carbocycles. The van der Waals surface area contributed by atoms with E-state index < -0.39 is 0 Å². The molecule has 0 atom stereocenters. The smallest absolute Gasteiger partial charge is 0.102 e. The third-order valence-electron chi connectivity index (χ3n) is 7.97. The monoisotopic (exact) mass is 486 g/mol. The lowest BCUT2D eigenvalue weighted by Crippen LogP contribution is -1.98. The Labute approximate surface area is 221 Å². The molecule has 1 fully saturated rings. The maximum atomic E-state index is 5.45. The van der Waals surface area contributed by atoms with Crippen molar-refractivity contribution in [2.75, 3.05) is 0 Å². The third-order valence-corrected chi connectivity index (χ3v) is 7.97. The summed E-state index contributed by atoms with van der Waals surface area (Å²) >= 11 is 0. The molecule has 0 radical (unpaired) electrons. The first-order chi connectivity index (χ1) is 18.9. The second-order valence-electron chi connectivity index (χ2n) is 10.4. The number of pyridine rings is 1. The van der Waals surface area contributed by atoms with Gasteiger partial charge in [-0.1, -0.05) is 121 Å². The molecule has 0 spiro atoms. The Morgan fingerprint density at radius 1 is 0.553 bits per heavy atom. The fraction of sp³-hybridized carbons (Fsp3) is 0.0833. The fourth-order valence-electron chi connectivity index (χ4n) is 6.03. The van der Waals surface area contributed by atoms with Crippen LogP contribution in [0.15, 0.2) is 127 Å². The molecule has 38 heavy (non-hydrogen) atoms. The normalized spacial score (nSPS) is 13.5. The molecule has 2 nitrogen and oxygen atoms in total.